The Hall–Kier alpha value is -0.140. The Kier molecular flexibility index (Phi) is 9.32. The summed E-state index contributed by atoms with van der Waals surface area (Å²) in [5.41, 5.74) is 5.84. The van der Waals surface area contributed by atoms with Crippen molar-refractivity contribution in [2.45, 2.75) is 57.9 Å². The van der Waals surface area contributed by atoms with Gasteiger partial charge in [-0.15, -0.1) is 0 Å². The van der Waals surface area contributed by atoms with Gasteiger partial charge in [-0.2, -0.15) is 0 Å². The Morgan fingerprint density at radius 1 is 1.36 bits per heavy atom. The standard InChI is InChI=1S/C10H22NO2P/c1-2-3-4-5-6-9(11)7-8-10(12)13-14/h9H,2-8,11,14H2,1H3. The van der Waals surface area contributed by atoms with E-state index in [4.69, 9.17) is 5.73 Å². The minimum absolute atomic E-state index is 0.149. The molecule has 0 aliphatic heterocycles. The summed E-state index contributed by atoms with van der Waals surface area (Å²) in [5.74, 6) is -0.195. The van der Waals surface area contributed by atoms with Gasteiger partial charge in [0, 0.05) is 12.5 Å². The van der Waals surface area contributed by atoms with Gasteiger partial charge < -0.3 is 10.3 Å². The van der Waals surface area contributed by atoms with Crippen LogP contribution in [0.1, 0.15) is 51.9 Å². The van der Waals surface area contributed by atoms with Crippen LogP contribution >= 0.6 is 9.47 Å². The van der Waals surface area contributed by atoms with Crippen LogP contribution in [0.3, 0.4) is 0 Å². The highest BCUT2D eigenvalue weighted by atomic mass is 31.0. The van der Waals surface area contributed by atoms with Crippen molar-refractivity contribution in [2.24, 2.45) is 5.73 Å². The molecule has 3 nitrogen and oxygen atoms in total. The van der Waals surface area contributed by atoms with E-state index in [0.717, 1.165) is 12.8 Å². The van der Waals surface area contributed by atoms with Gasteiger partial charge >= 0.3 is 5.97 Å². The van der Waals surface area contributed by atoms with Gasteiger partial charge in [-0.3, -0.25) is 4.79 Å². The fraction of sp³-hybridized carbons (Fsp3) is 0.900. The first kappa shape index (κ1) is 13.9. The topological polar surface area (TPSA) is 52.3 Å². The number of hydrogen-bond donors (Lipinski definition) is 1. The van der Waals surface area contributed by atoms with Gasteiger partial charge in [-0.1, -0.05) is 32.6 Å². The lowest BCUT2D eigenvalue weighted by atomic mass is 10.0. The SMILES string of the molecule is CCCCCCC(N)CCC(=O)OP. The van der Waals surface area contributed by atoms with Crippen molar-refractivity contribution in [2.75, 3.05) is 0 Å². The minimum atomic E-state index is -0.195. The van der Waals surface area contributed by atoms with Gasteiger partial charge in [0.15, 0.2) is 0 Å². The molecule has 84 valence electrons. The highest BCUT2D eigenvalue weighted by Crippen LogP contribution is 2.08. The minimum Gasteiger partial charge on any atom is -0.452 e. The smallest absolute Gasteiger partial charge is 0.307 e. The lowest BCUT2D eigenvalue weighted by Crippen LogP contribution is -2.20. The zero-order valence-corrected chi connectivity index (χ0v) is 10.2. The maximum Gasteiger partial charge on any atom is 0.307 e. The third-order valence-electron chi connectivity index (χ3n) is 2.28. The zero-order chi connectivity index (χ0) is 10.8. The lowest BCUT2D eigenvalue weighted by molar-refractivity contribution is -0.133. The molecule has 4 heteroatoms. The molecule has 2 unspecified atom stereocenters. The van der Waals surface area contributed by atoms with Crippen LogP contribution in [0.4, 0.5) is 0 Å². The molecule has 0 aliphatic carbocycles. The molecule has 0 aromatic heterocycles. The van der Waals surface area contributed by atoms with E-state index in [1.807, 2.05) is 9.47 Å². The van der Waals surface area contributed by atoms with E-state index in [9.17, 15) is 4.79 Å². The maximum atomic E-state index is 10.8. The number of unbranched alkanes of at least 4 members (excludes halogenated alkanes) is 3. The zero-order valence-electron chi connectivity index (χ0n) is 9.00. The van der Waals surface area contributed by atoms with Crippen LogP contribution in [0.2, 0.25) is 0 Å². The largest absolute Gasteiger partial charge is 0.452 e. The van der Waals surface area contributed by atoms with Crippen LogP contribution in [-0.4, -0.2) is 12.0 Å². The Bertz CT molecular complexity index is 153. The summed E-state index contributed by atoms with van der Waals surface area (Å²) in [5, 5.41) is 0. The molecule has 0 aromatic carbocycles. The highest BCUT2D eigenvalue weighted by molar-refractivity contribution is 7.10. The van der Waals surface area contributed by atoms with Crippen molar-refractivity contribution in [3.8, 4) is 0 Å². The first-order chi connectivity index (χ1) is 6.70. The van der Waals surface area contributed by atoms with E-state index < -0.39 is 0 Å². The summed E-state index contributed by atoms with van der Waals surface area (Å²) in [6, 6.07) is 0.149. The van der Waals surface area contributed by atoms with Crippen LogP contribution in [0.15, 0.2) is 0 Å². The molecule has 0 saturated carbocycles. The molecule has 0 amide bonds. The summed E-state index contributed by atoms with van der Waals surface area (Å²) in [4.78, 5) is 10.8. The van der Waals surface area contributed by atoms with E-state index in [2.05, 4.69) is 11.4 Å². The molecular formula is C10H22NO2P. The summed E-state index contributed by atoms with van der Waals surface area (Å²) in [7, 11) is 1.96. The predicted octanol–water partition coefficient (Wildman–Crippen LogP) is 2.40. The molecule has 2 atom stereocenters. The number of nitrogens with two attached hydrogens (primary N) is 1. The first-order valence-electron chi connectivity index (χ1n) is 5.35. The van der Waals surface area contributed by atoms with Crippen LogP contribution in [0.5, 0.6) is 0 Å². The van der Waals surface area contributed by atoms with Crippen LogP contribution in [-0.2, 0) is 9.32 Å². The van der Waals surface area contributed by atoms with E-state index in [1.54, 1.807) is 0 Å². The predicted molar refractivity (Wildman–Crippen MR) is 61.8 cm³/mol. The molecular weight excluding hydrogens is 197 g/mol. The average molecular weight is 219 g/mol. The number of rotatable bonds is 8. The second-order valence-corrected chi connectivity index (χ2v) is 3.87. The molecule has 0 heterocycles. The molecule has 0 radical (unpaired) electrons. The monoisotopic (exact) mass is 219 g/mol. The average Bonchev–Trinajstić information content (AvgIpc) is 2.21. The van der Waals surface area contributed by atoms with E-state index in [0.29, 0.717) is 6.42 Å². The van der Waals surface area contributed by atoms with Gasteiger partial charge in [-0.25, -0.2) is 0 Å². The molecule has 0 aromatic rings. The second-order valence-electron chi connectivity index (χ2n) is 3.64. The van der Waals surface area contributed by atoms with Gasteiger partial charge in [0.2, 0.25) is 0 Å². The third kappa shape index (κ3) is 8.46. The summed E-state index contributed by atoms with van der Waals surface area (Å²) >= 11 is 0. The maximum absolute atomic E-state index is 10.8. The number of carbonyl (C=O) groups is 1. The Morgan fingerprint density at radius 2 is 2.07 bits per heavy atom. The molecule has 0 spiro atoms. The van der Waals surface area contributed by atoms with Crippen LogP contribution < -0.4 is 5.73 Å². The molecule has 2 N–H and O–H groups in total. The first-order valence-corrected chi connectivity index (χ1v) is 5.83. The van der Waals surface area contributed by atoms with Crippen molar-refractivity contribution in [3.63, 3.8) is 0 Å². The van der Waals surface area contributed by atoms with Gasteiger partial charge in [0.1, 0.15) is 0 Å². The van der Waals surface area contributed by atoms with Gasteiger partial charge in [-0.05, 0) is 12.8 Å². The summed E-state index contributed by atoms with van der Waals surface area (Å²) in [6.45, 7) is 2.19. The van der Waals surface area contributed by atoms with Crippen molar-refractivity contribution in [1.82, 2.24) is 0 Å². The second kappa shape index (κ2) is 9.42. The van der Waals surface area contributed by atoms with Crippen LogP contribution in [0, 0.1) is 0 Å². The van der Waals surface area contributed by atoms with Crippen molar-refractivity contribution in [1.29, 1.82) is 0 Å². The van der Waals surface area contributed by atoms with Gasteiger partial charge in [0.05, 0.1) is 9.47 Å². The van der Waals surface area contributed by atoms with E-state index in [1.165, 1.54) is 25.7 Å². The van der Waals surface area contributed by atoms with Crippen molar-refractivity contribution in [3.05, 3.63) is 0 Å². The lowest BCUT2D eigenvalue weighted by Gasteiger charge is -2.09. The number of carbonyl (C=O) groups excluding carboxylic acids is 1. The Balaban J connectivity index is 3.27. The fourth-order valence-electron chi connectivity index (χ4n) is 1.34. The van der Waals surface area contributed by atoms with Gasteiger partial charge in [0.25, 0.3) is 0 Å². The third-order valence-corrected chi connectivity index (χ3v) is 2.54. The van der Waals surface area contributed by atoms with E-state index >= 15 is 0 Å². The Labute approximate surface area is 89.1 Å². The normalized spacial score (nSPS) is 12.5. The Morgan fingerprint density at radius 3 is 2.64 bits per heavy atom. The van der Waals surface area contributed by atoms with Crippen LogP contribution in [0.25, 0.3) is 0 Å². The molecule has 0 aliphatic rings. The molecule has 14 heavy (non-hydrogen) atoms. The summed E-state index contributed by atoms with van der Waals surface area (Å²) in [6.07, 6.45) is 7.13. The summed E-state index contributed by atoms with van der Waals surface area (Å²) < 4.78 is 4.47. The molecule has 0 bridgehead atoms. The highest BCUT2D eigenvalue weighted by Gasteiger charge is 2.06. The fourth-order valence-corrected chi connectivity index (χ4v) is 1.46. The van der Waals surface area contributed by atoms with E-state index in [-0.39, 0.29) is 12.0 Å². The van der Waals surface area contributed by atoms with Crippen molar-refractivity contribution >= 4 is 15.4 Å². The molecule has 0 rings (SSSR count). The quantitative estimate of drug-likeness (QED) is 0.503. The van der Waals surface area contributed by atoms with Crippen molar-refractivity contribution < 1.29 is 9.32 Å². The molecule has 0 saturated heterocycles. The molecule has 0 fully saturated rings. The number of hydrogen-bond acceptors (Lipinski definition) is 3.